The summed E-state index contributed by atoms with van der Waals surface area (Å²) in [7, 11) is 3.22. The first-order valence-corrected chi connectivity index (χ1v) is 8.36. The summed E-state index contributed by atoms with van der Waals surface area (Å²) in [6.45, 7) is 4.02. The van der Waals surface area contributed by atoms with Crippen LogP contribution in [0.4, 0.5) is 10.5 Å². The van der Waals surface area contributed by atoms with Gasteiger partial charge in [-0.1, -0.05) is 23.8 Å². The molecule has 0 radical (unpaired) electrons. The third-order valence-electron chi connectivity index (χ3n) is 4.67. The first-order chi connectivity index (χ1) is 12.0. The van der Waals surface area contributed by atoms with Crippen LogP contribution in [0.25, 0.3) is 0 Å². The molecule has 2 amide bonds. The van der Waals surface area contributed by atoms with E-state index in [4.69, 9.17) is 9.47 Å². The van der Waals surface area contributed by atoms with E-state index >= 15 is 0 Å². The molecule has 0 unspecified atom stereocenters. The Morgan fingerprint density at radius 3 is 2.32 bits per heavy atom. The Morgan fingerprint density at radius 1 is 1.00 bits per heavy atom. The van der Waals surface area contributed by atoms with Crippen molar-refractivity contribution in [3.05, 3.63) is 53.1 Å². The fraction of sp³-hybridized carbons (Fsp3) is 0.350. The molecule has 132 valence electrons. The minimum absolute atomic E-state index is 0.195. The summed E-state index contributed by atoms with van der Waals surface area (Å²) in [5, 5.41) is 6.06. The van der Waals surface area contributed by atoms with E-state index in [-0.39, 0.29) is 11.6 Å². The average molecular weight is 340 g/mol. The van der Waals surface area contributed by atoms with E-state index in [1.165, 1.54) is 5.56 Å². The predicted octanol–water partition coefficient (Wildman–Crippen LogP) is 4.13. The van der Waals surface area contributed by atoms with Crippen molar-refractivity contribution in [3.8, 4) is 11.5 Å². The summed E-state index contributed by atoms with van der Waals surface area (Å²) in [4.78, 5) is 12.5. The molecule has 5 nitrogen and oxygen atoms in total. The van der Waals surface area contributed by atoms with Gasteiger partial charge in [-0.3, -0.25) is 0 Å². The minimum atomic E-state index is -0.331. The molecule has 1 fully saturated rings. The number of nitrogens with one attached hydrogen (secondary N) is 2. The zero-order valence-electron chi connectivity index (χ0n) is 15.1. The number of benzene rings is 2. The van der Waals surface area contributed by atoms with E-state index in [9.17, 15) is 4.79 Å². The molecule has 5 heteroatoms. The molecule has 0 aliphatic heterocycles. The molecular weight excluding hydrogens is 316 g/mol. The van der Waals surface area contributed by atoms with Gasteiger partial charge in [0.25, 0.3) is 0 Å². The first-order valence-electron chi connectivity index (χ1n) is 8.36. The highest BCUT2D eigenvalue weighted by Crippen LogP contribution is 2.47. The van der Waals surface area contributed by atoms with Crippen LogP contribution in [-0.4, -0.2) is 20.3 Å². The lowest BCUT2D eigenvalue weighted by Gasteiger charge is -2.20. The number of urea groups is 1. The number of carbonyl (C=O) groups is 1. The number of aryl methyl sites for hydroxylation is 2. The molecule has 2 N–H and O–H groups in total. The van der Waals surface area contributed by atoms with Gasteiger partial charge in [0.05, 0.1) is 19.8 Å². The van der Waals surface area contributed by atoms with Gasteiger partial charge in [0.2, 0.25) is 0 Å². The molecule has 25 heavy (non-hydrogen) atoms. The van der Waals surface area contributed by atoms with Crippen LogP contribution >= 0.6 is 0 Å². The fourth-order valence-corrected chi connectivity index (χ4v) is 3.07. The maximum atomic E-state index is 12.5. The Hall–Kier alpha value is -2.69. The number of hydrogen-bond donors (Lipinski definition) is 2. The first kappa shape index (κ1) is 17.1. The number of hydrogen-bond acceptors (Lipinski definition) is 3. The average Bonchev–Trinajstić information content (AvgIpc) is 3.37. The standard InChI is InChI=1S/C20H24N2O3/c1-13-5-7-16(14(2)11-13)21-19(23)22-20(9-10-20)15-6-8-17(24-3)18(12-15)25-4/h5-8,11-12H,9-10H2,1-4H3,(H2,21,22,23). The Bertz CT molecular complexity index is 798. The molecule has 1 aliphatic carbocycles. The van der Waals surface area contributed by atoms with E-state index in [0.29, 0.717) is 11.5 Å². The van der Waals surface area contributed by atoms with Crippen LogP contribution in [0.3, 0.4) is 0 Å². The van der Waals surface area contributed by atoms with E-state index in [2.05, 4.69) is 16.7 Å². The summed E-state index contributed by atoms with van der Waals surface area (Å²) < 4.78 is 10.7. The molecule has 2 aromatic rings. The van der Waals surface area contributed by atoms with Crippen LogP contribution < -0.4 is 20.1 Å². The molecule has 2 aromatic carbocycles. The second-order valence-corrected chi connectivity index (χ2v) is 6.55. The maximum absolute atomic E-state index is 12.5. The largest absolute Gasteiger partial charge is 0.493 e. The van der Waals surface area contributed by atoms with Gasteiger partial charge in [0.15, 0.2) is 11.5 Å². The Kier molecular flexibility index (Phi) is 4.57. The number of rotatable bonds is 5. The molecule has 0 atom stereocenters. The monoisotopic (exact) mass is 340 g/mol. The van der Waals surface area contributed by atoms with Crippen molar-refractivity contribution in [2.24, 2.45) is 0 Å². The van der Waals surface area contributed by atoms with Crippen molar-refractivity contribution in [2.45, 2.75) is 32.2 Å². The summed E-state index contributed by atoms with van der Waals surface area (Å²) in [5.41, 5.74) is 3.74. The van der Waals surface area contributed by atoms with Crippen LogP contribution in [0, 0.1) is 13.8 Å². The summed E-state index contributed by atoms with van der Waals surface area (Å²) in [5.74, 6) is 1.35. The number of amides is 2. The van der Waals surface area contributed by atoms with Crippen molar-refractivity contribution >= 4 is 11.7 Å². The van der Waals surface area contributed by atoms with Gasteiger partial charge in [-0.25, -0.2) is 4.79 Å². The smallest absolute Gasteiger partial charge is 0.319 e. The second-order valence-electron chi connectivity index (χ2n) is 6.55. The number of anilines is 1. The summed E-state index contributed by atoms with van der Waals surface area (Å²) in [6.07, 6.45) is 1.81. The second kappa shape index (κ2) is 6.67. The molecule has 1 aliphatic rings. The van der Waals surface area contributed by atoms with Gasteiger partial charge < -0.3 is 20.1 Å². The van der Waals surface area contributed by atoms with Gasteiger partial charge in [0, 0.05) is 5.69 Å². The molecule has 0 spiro atoms. The topological polar surface area (TPSA) is 59.6 Å². The number of methoxy groups -OCH3 is 2. The van der Waals surface area contributed by atoms with Crippen molar-refractivity contribution in [1.82, 2.24) is 5.32 Å². The molecule has 3 rings (SSSR count). The number of ether oxygens (including phenoxy) is 2. The van der Waals surface area contributed by atoms with Gasteiger partial charge in [-0.05, 0) is 56.0 Å². The van der Waals surface area contributed by atoms with Crippen molar-refractivity contribution in [3.63, 3.8) is 0 Å². The number of carbonyl (C=O) groups excluding carboxylic acids is 1. The lowest BCUT2D eigenvalue weighted by molar-refractivity contribution is 0.247. The molecule has 0 bridgehead atoms. The van der Waals surface area contributed by atoms with Gasteiger partial charge >= 0.3 is 6.03 Å². The Morgan fingerprint density at radius 2 is 1.72 bits per heavy atom. The third-order valence-corrected chi connectivity index (χ3v) is 4.67. The molecule has 0 aromatic heterocycles. The van der Waals surface area contributed by atoms with Crippen molar-refractivity contribution in [1.29, 1.82) is 0 Å². The molecular formula is C20H24N2O3. The maximum Gasteiger partial charge on any atom is 0.319 e. The van der Waals surface area contributed by atoms with Crippen molar-refractivity contribution in [2.75, 3.05) is 19.5 Å². The third kappa shape index (κ3) is 3.55. The van der Waals surface area contributed by atoms with E-state index in [1.807, 2.05) is 44.2 Å². The van der Waals surface area contributed by atoms with E-state index in [1.54, 1.807) is 14.2 Å². The highest BCUT2D eigenvalue weighted by molar-refractivity contribution is 5.91. The molecule has 0 heterocycles. The highest BCUT2D eigenvalue weighted by atomic mass is 16.5. The van der Waals surface area contributed by atoms with E-state index < -0.39 is 0 Å². The normalized spacial score (nSPS) is 14.6. The quantitative estimate of drug-likeness (QED) is 0.860. The van der Waals surface area contributed by atoms with Gasteiger partial charge in [0.1, 0.15) is 0 Å². The predicted molar refractivity (Wildman–Crippen MR) is 98.5 cm³/mol. The Balaban J connectivity index is 1.74. The molecule has 1 saturated carbocycles. The zero-order chi connectivity index (χ0) is 18.0. The lowest BCUT2D eigenvalue weighted by atomic mass is 10.0. The van der Waals surface area contributed by atoms with Crippen LogP contribution in [0.2, 0.25) is 0 Å². The fourth-order valence-electron chi connectivity index (χ4n) is 3.07. The SMILES string of the molecule is COc1ccc(C2(NC(=O)Nc3ccc(C)cc3C)CC2)cc1OC. The summed E-state index contributed by atoms with van der Waals surface area (Å²) in [6, 6.07) is 11.6. The lowest BCUT2D eigenvalue weighted by Crippen LogP contribution is -2.38. The van der Waals surface area contributed by atoms with Gasteiger partial charge in [-0.15, -0.1) is 0 Å². The van der Waals surface area contributed by atoms with E-state index in [0.717, 1.165) is 29.7 Å². The van der Waals surface area contributed by atoms with Crippen molar-refractivity contribution < 1.29 is 14.3 Å². The van der Waals surface area contributed by atoms with Crippen LogP contribution in [-0.2, 0) is 5.54 Å². The summed E-state index contributed by atoms with van der Waals surface area (Å²) >= 11 is 0. The Labute approximate surface area is 148 Å². The highest BCUT2D eigenvalue weighted by Gasteiger charge is 2.46. The zero-order valence-corrected chi connectivity index (χ0v) is 15.1. The van der Waals surface area contributed by atoms with Crippen LogP contribution in [0.1, 0.15) is 29.5 Å². The van der Waals surface area contributed by atoms with Crippen LogP contribution in [0.15, 0.2) is 36.4 Å². The van der Waals surface area contributed by atoms with Gasteiger partial charge in [-0.2, -0.15) is 0 Å². The van der Waals surface area contributed by atoms with Crippen LogP contribution in [0.5, 0.6) is 11.5 Å². The minimum Gasteiger partial charge on any atom is -0.493 e. The molecule has 0 saturated heterocycles.